The van der Waals surface area contributed by atoms with E-state index in [1.54, 1.807) is 0 Å². The summed E-state index contributed by atoms with van der Waals surface area (Å²) >= 11 is 0. The summed E-state index contributed by atoms with van der Waals surface area (Å²) in [7, 11) is 0. The van der Waals surface area contributed by atoms with Crippen LogP contribution in [0.2, 0.25) is 0 Å². The first-order valence-corrected chi connectivity index (χ1v) is 8.56. The molecule has 4 rings (SSSR count). The second kappa shape index (κ2) is 5.59. The molecule has 1 aromatic rings. The van der Waals surface area contributed by atoms with E-state index >= 15 is 0 Å². The van der Waals surface area contributed by atoms with Crippen LogP contribution >= 0.6 is 0 Å². The molecule has 1 fully saturated rings. The summed E-state index contributed by atoms with van der Waals surface area (Å²) in [5.74, 6) is 1.72. The second-order valence-electron chi connectivity index (χ2n) is 7.31. The van der Waals surface area contributed by atoms with Crippen molar-refractivity contribution in [1.82, 2.24) is 4.90 Å². The summed E-state index contributed by atoms with van der Waals surface area (Å²) in [5.41, 5.74) is 2.88. The lowest BCUT2D eigenvalue weighted by Gasteiger charge is -2.31. The summed E-state index contributed by atoms with van der Waals surface area (Å²) in [6.45, 7) is 8.34. The molecule has 0 atom stereocenters. The van der Waals surface area contributed by atoms with E-state index in [0.717, 1.165) is 24.5 Å². The monoisotopic (exact) mass is 313 g/mol. The van der Waals surface area contributed by atoms with E-state index < -0.39 is 0 Å². The summed E-state index contributed by atoms with van der Waals surface area (Å²) < 4.78 is 13.3. The van der Waals surface area contributed by atoms with Crippen molar-refractivity contribution < 1.29 is 14.0 Å². The average molecular weight is 313 g/mol. The Kier molecular flexibility index (Phi) is 3.55. The number of ether oxygens (including phenoxy) is 2. The van der Waals surface area contributed by atoms with Crippen molar-refractivity contribution in [2.24, 2.45) is 0 Å². The Hall–Kier alpha value is -1.97. The zero-order valence-electron chi connectivity index (χ0n) is 14.0. The van der Waals surface area contributed by atoms with Crippen molar-refractivity contribution in [2.75, 3.05) is 19.9 Å². The number of nitrogens with zero attached hydrogens (tertiary/aromatic N) is 2. The Morgan fingerprint density at radius 3 is 2.70 bits per heavy atom. The van der Waals surface area contributed by atoms with Crippen LogP contribution in [0.5, 0.6) is 11.5 Å². The molecule has 3 aliphatic rings. The van der Waals surface area contributed by atoms with Crippen molar-refractivity contribution in [3.05, 3.63) is 35.5 Å². The Balaban J connectivity index is 1.55. The molecule has 3 heterocycles. The molecule has 23 heavy (non-hydrogen) atoms. The van der Waals surface area contributed by atoms with Crippen LogP contribution in [0.3, 0.4) is 0 Å². The first-order chi connectivity index (χ1) is 11.1. The molecular weight excluding hydrogens is 288 g/mol. The molecule has 3 aliphatic heterocycles. The zero-order valence-corrected chi connectivity index (χ0v) is 14.0. The van der Waals surface area contributed by atoms with Gasteiger partial charge < -0.3 is 14.4 Å². The van der Waals surface area contributed by atoms with Gasteiger partial charge >= 0.3 is 0 Å². The van der Waals surface area contributed by atoms with E-state index in [9.17, 15) is 0 Å². The number of benzene rings is 1. The average Bonchev–Trinajstić information content (AvgIpc) is 3.19. The predicted molar refractivity (Wildman–Crippen MR) is 90.2 cm³/mol. The van der Waals surface area contributed by atoms with Gasteiger partial charge in [0.1, 0.15) is 0 Å². The molecule has 1 aromatic carbocycles. The van der Waals surface area contributed by atoms with Crippen LogP contribution in [-0.2, 0) is 6.54 Å². The maximum Gasteiger partial charge on any atom is 0.231 e. The first-order valence-electron chi connectivity index (χ1n) is 8.56. The molecule has 0 saturated carbocycles. The van der Waals surface area contributed by atoms with Gasteiger partial charge in [-0.2, -0.15) is 0 Å². The van der Waals surface area contributed by atoms with Crippen molar-refractivity contribution >= 4 is 6.21 Å². The summed E-state index contributed by atoms with van der Waals surface area (Å²) in [6, 6.07) is 6.25. The minimum absolute atomic E-state index is 0.128. The Bertz CT molecular complexity index is 670. The molecule has 0 aromatic heterocycles. The molecule has 0 aliphatic carbocycles. The molecule has 122 valence electrons. The third-order valence-electron chi connectivity index (χ3n) is 5.14. The first kappa shape index (κ1) is 14.6. The molecule has 4 nitrogen and oxygen atoms in total. The van der Waals surface area contributed by atoms with E-state index in [0.29, 0.717) is 6.79 Å². The van der Waals surface area contributed by atoms with Crippen LogP contribution in [0.1, 0.15) is 38.7 Å². The van der Waals surface area contributed by atoms with Crippen LogP contribution in [0.4, 0.5) is 0 Å². The van der Waals surface area contributed by atoms with Gasteiger partial charge in [0.25, 0.3) is 0 Å². The highest BCUT2D eigenvalue weighted by molar-refractivity contribution is 5.68. The van der Waals surface area contributed by atoms with Crippen LogP contribution in [0.25, 0.3) is 0 Å². The molecule has 1 saturated heterocycles. The lowest BCUT2D eigenvalue weighted by atomic mass is 9.93. The van der Waals surface area contributed by atoms with Crippen molar-refractivity contribution in [3.63, 3.8) is 0 Å². The standard InChI is InChI=1S/C19H25N2O2/c1-19(2)12-16(20-8-3-4-9-20)7-10-21(19)13-15-5-6-17-18(11-15)23-14-22-17/h5-7,10-11H,3-4,8-9,12-14H2,1-2H3/q+1. The van der Waals surface area contributed by atoms with Gasteiger partial charge in [0, 0.05) is 44.3 Å². The van der Waals surface area contributed by atoms with Crippen LogP contribution in [0, 0.1) is 0 Å². The van der Waals surface area contributed by atoms with Gasteiger partial charge in [-0.15, -0.1) is 0 Å². The van der Waals surface area contributed by atoms with Gasteiger partial charge in [-0.1, -0.05) is 0 Å². The number of allylic oxidation sites excluding steroid dienone is 1. The minimum Gasteiger partial charge on any atom is -0.454 e. The van der Waals surface area contributed by atoms with E-state index in [4.69, 9.17) is 9.47 Å². The van der Waals surface area contributed by atoms with E-state index in [1.807, 2.05) is 6.07 Å². The molecule has 0 N–H and O–H groups in total. The minimum atomic E-state index is 0.128. The highest BCUT2D eigenvalue weighted by Crippen LogP contribution is 2.34. The zero-order chi connectivity index (χ0) is 15.9. The highest BCUT2D eigenvalue weighted by Gasteiger charge is 2.36. The van der Waals surface area contributed by atoms with Gasteiger partial charge in [-0.25, -0.2) is 4.58 Å². The fraction of sp³-hybridized carbons (Fsp3) is 0.526. The molecule has 0 spiro atoms. The molecule has 0 unspecified atom stereocenters. The van der Waals surface area contributed by atoms with Crippen molar-refractivity contribution in [2.45, 2.75) is 45.2 Å². The summed E-state index contributed by atoms with van der Waals surface area (Å²) in [4.78, 5) is 2.55. The Morgan fingerprint density at radius 2 is 1.91 bits per heavy atom. The largest absolute Gasteiger partial charge is 0.454 e. The smallest absolute Gasteiger partial charge is 0.231 e. The second-order valence-corrected chi connectivity index (χ2v) is 7.31. The lowest BCUT2D eigenvalue weighted by molar-refractivity contribution is -0.612. The quantitative estimate of drug-likeness (QED) is 0.801. The van der Waals surface area contributed by atoms with Gasteiger partial charge in [0.05, 0.1) is 6.42 Å². The summed E-state index contributed by atoms with van der Waals surface area (Å²) in [5, 5.41) is 0. The van der Waals surface area contributed by atoms with Gasteiger partial charge in [0.15, 0.2) is 29.8 Å². The van der Waals surface area contributed by atoms with E-state index in [2.05, 4.69) is 47.7 Å². The normalized spacial score (nSPS) is 22.1. The predicted octanol–water partition coefficient (Wildman–Crippen LogP) is 3.16. The van der Waals surface area contributed by atoms with Gasteiger partial charge in [0.2, 0.25) is 6.79 Å². The summed E-state index contributed by atoms with van der Waals surface area (Å²) in [6.07, 6.45) is 8.34. The van der Waals surface area contributed by atoms with Crippen LogP contribution in [0.15, 0.2) is 30.0 Å². The van der Waals surface area contributed by atoms with Gasteiger partial charge in [-0.3, -0.25) is 0 Å². The topological polar surface area (TPSA) is 24.7 Å². The van der Waals surface area contributed by atoms with Gasteiger partial charge in [-0.05, 0) is 31.0 Å². The third kappa shape index (κ3) is 2.82. The molecule has 0 bridgehead atoms. The van der Waals surface area contributed by atoms with Crippen LogP contribution in [-0.4, -0.2) is 41.1 Å². The molecule has 0 amide bonds. The number of hydrogen-bond donors (Lipinski definition) is 0. The number of fused-ring (bicyclic) bond motifs is 1. The number of likely N-dealkylation sites (tertiary alicyclic amines) is 1. The van der Waals surface area contributed by atoms with Crippen LogP contribution < -0.4 is 9.47 Å². The third-order valence-corrected chi connectivity index (χ3v) is 5.14. The molecule has 4 heteroatoms. The highest BCUT2D eigenvalue weighted by atomic mass is 16.7. The SMILES string of the molecule is CC1(C)CC(N2CCCC2)=CC=[N+]1Cc1ccc2c(c1)OCO2. The number of hydrogen-bond acceptors (Lipinski definition) is 3. The van der Waals surface area contributed by atoms with E-state index in [-0.39, 0.29) is 5.54 Å². The maximum absolute atomic E-state index is 5.50. The Labute approximate surface area is 138 Å². The lowest BCUT2D eigenvalue weighted by Crippen LogP contribution is -2.41. The number of rotatable bonds is 3. The fourth-order valence-electron chi connectivity index (χ4n) is 3.71. The Morgan fingerprint density at radius 1 is 1.13 bits per heavy atom. The van der Waals surface area contributed by atoms with Crippen molar-refractivity contribution in [3.8, 4) is 11.5 Å². The molecule has 0 radical (unpaired) electrons. The van der Waals surface area contributed by atoms with Crippen molar-refractivity contribution in [1.29, 1.82) is 0 Å². The fourth-order valence-corrected chi connectivity index (χ4v) is 3.71. The van der Waals surface area contributed by atoms with E-state index in [1.165, 1.54) is 37.2 Å². The maximum atomic E-state index is 5.50. The molecular formula is C19H25N2O2+.